The van der Waals surface area contributed by atoms with Crippen LogP contribution < -0.4 is 15.4 Å². The van der Waals surface area contributed by atoms with Gasteiger partial charge in [-0.05, 0) is 44.5 Å². The molecule has 1 heterocycles. The van der Waals surface area contributed by atoms with Crippen LogP contribution in [0.5, 0.6) is 5.75 Å². The van der Waals surface area contributed by atoms with Gasteiger partial charge in [0.1, 0.15) is 10.8 Å². The van der Waals surface area contributed by atoms with E-state index in [9.17, 15) is 19.2 Å². The Labute approximate surface area is 178 Å². The predicted molar refractivity (Wildman–Crippen MR) is 115 cm³/mol. The van der Waals surface area contributed by atoms with E-state index in [0.717, 1.165) is 4.88 Å². The largest absolute Gasteiger partial charge is 0.482 e. The van der Waals surface area contributed by atoms with E-state index in [4.69, 9.17) is 9.47 Å². The number of amides is 2. The van der Waals surface area contributed by atoms with Gasteiger partial charge in [-0.3, -0.25) is 14.4 Å². The fourth-order valence-corrected chi connectivity index (χ4v) is 3.53. The second-order valence-electron chi connectivity index (χ2n) is 6.31. The third-order valence-corrected chi connectivity index (χ3v) is 5.13. The highest BCUT2D eigenvalue weighted by atomic mass is 32.1. The molecule has 0 bridgehead atoms. The SMILES string of the molecule is CCOC(=O)c1cc(CC)sc1NC(=O)COc1cc(C(C)=O)ccc1NC(C)=O. The Hall–Kier alpha value is -3.20. The van der Waals surface area contributed by atoms with Crippen LogP contribution in [0.25, 0.3) is 0 Å². The summed E-state index contributed by atoms with van der Waals surface area (Å²) in [5.41, 5.74) is 1.02. The van der Waals surface area contributed by atoms with Gasteiger partial charge in [0.2, 0.25) is 5.91 Å². The summed E-state index contributed by atoms with van der Waals surface area (Å²) in [5.74, 6) is -1.30. The van der Waals surface area contributed by atoms with Crippen molar-refractivity contribution in [3.8, 4) is 5.75 Å². The fraction of sp³-hybridized carbons (Fsp3) is 0.333. The van der Waals surface area contributed by atoms with Gasteiger partial charge in [-0.25, -0.2) is 4.79 Å². The second kappa shape index (κ2) is 10.5. The molecule has 2 rings (SSSR count). The number of ether oxygens (including phenoxy) is 2. The quantitative estimate of drug-likeness (QED) is 0.462. The van der Waals surface area contributed by atoms with Crippen LogP contribution >= 0.6 is 11.3 Å². The maximum Gasteiger partial charge on any atom is 0.341 e. The first-order chi connectivity index (χ1) is 14.2. The minimum atomic E-state index is -0.508. The number of rotatable bonds is 9. The number of anilines is 2. The van der Waals surface area contributed by atoms with E-state index in [-0.39, 0.29) is 30.7 Å². The molecule has 160 valence electrons. The molecular formula is C21H24N2O6S. The Kier molecular flexibility index (Phi) is 8.11. The number of ketones is 1. The number of benzene rings is 1. The molecule has 1 aromatic heterocycles. The highest BCUT2D eigenvalue weighted by molar-refractivity contribution is 7.16. The zero-order valence-corrected chi connectivity index (χ0v) is 18.1. The lowest BCUT2D eigenvalue weighted by atomic mass is 10.1. The van der Waals surface area contributed by atoms with E-state index < -0.39 is 11.9 Å². The number of nitrogens with one attached hydrogen (secondary N) is 2. The molecule has 0 spiro atoms. The fourth-order valence-electron chi connectivity index (χ4n) is 2.53. The standard InChI is InChI=1S/C21H24N2O6S/c1-5-15-10-16(21(27)28-6-2)20(30-15)23-19(26)11-29-18-9-14(12(3)24)7-8-17(18)22-13(4)25/h7-10H,5-6,11H2,1-4H3,(H,22,25)(H,23,26). The maximum absolute atomic E-state index is 12.4. The summed E-state index contributed by atoms with van der Waals surface area (Å²) in [7, 11) is 0. The summed E-state index contributed by atoms with van der Waals surface area (Å²) in [6, 6.07) is 6.26. The highest BCUT2D eigenvalue weighted by Crippen LogP contribution is 2.30. The van der Waals surface area contributed by atoms with Gasteiger partial charge in [0.05, 0.1) is 17.9 Å². The van der Waals surface area contributed by atoms with Crippen LogP contribution in [-0.4, -0.2) is 36.8 Å². The molecule has 9 heteroatoms. The number of esters is 1. The van der Waals surface area contributed by atoms with Gasteiger partial charge in [0.15, 0.2) is 12.4 Å². The topological polar surface area (TPSA) is 111 Å². The number of hydrogen-bond donors (Lipinski definition) is 2. The molecule has 0 saturated carbocycles. The molecule has 0 unspecified atom stereocenters. The van der Waals surface area contributed by atoms with Gasteiger partial charge in [0, 0.05) is 17.4 Å². The summed E-state index contributed by atoms with van der Waals surface area (Å²) >= 11 is 1.29. The highest BCUT2D eigenvalue weighted by Gasteiger charge is 2.19. The van der Waals surface area contributed by atoms with Gasteiger partial charge < -0.3 is 20.1 Å². The molecule has 0 radical (unpaired) electrons. The normalized spacial score (nSPS) is 10.3. The number of carbonyl (C=O) groups excluding carboxylic acids is 4. The van der Waals surface area contributed by atoms with Crippen LogP contribution in [0.15, 0.2) is 24.3 Å². The number of hydrogen-bond acceptors (Lipinski definition) is 7. The first-order valence-corrected chi connectivity index (χ1v) is 10.2. The monoisotopic (exact) mass is 432 g/mol. The Bertz CT molecular complexity index is 966. The Morgan fingerprint density at radius 2 is 1.77 bits per heavy atom. The Balaban J connectivity index is 2.15. The van der Waals surface area contributed by atoms with E-state index in [1.54, 1.807) is 19.1 Å². The average Bonchev–Trinajstić information content (AvgIpc) is 3.09. The van der Waals surface area contributed by atoms with Gasteiger partial charge in [-0.1, -0.05) is 6.92 Å². The Morgan fingerprint density at radius 1 is 1.03 bits per heavy atom. The molecule has 8 nitrogen and oxygen atoms in total. The molecule has 0 saturated heterocycles. The smallest absolute Gasteiger partial charge is 0.341 e. The van der Waals surface area contributed by atoms with Gasteiger partial charge >= 0.3 is 5.97 Å². The third-order valence-electron chi connectivity index (χ3n) is 3.94. The van der Waals surface area contributed by atoms with E-state index in [1.807, 2.05) is 6.92 Å². The van der Waals surface area contributed by atoms with Crippen LogP contribution in [0.2, 0.25) is 0 Å². The molecule has 0 aliphatic rings. The number of carbonyl (C=O) groups is 4. The summed E-state index contributed by atoms with van der Waals surface area (Å²) in [6.45, 7) is 6.25. The van der Waals surface area contributed by atoms with Crippen LogP contribution in [-0.2, 0) is 20.7 Å². The van der Waals surface area contributed by atoms with Crippen LogP contribution in [0.3, 0.4) is 0 Å². The molecule has 1 aromatic carbocycles. The maximum atomic E-state index is 12.4. The van der Waals surface area contributed by atoms with Crippen molar-refractivity contribution < 1.29 is 28.7 Å². The van der Waals surface area contributed by atoms with Crippen molar-refractivity contribution in [2.75, 3.05) is 23.8 Å². The Morgan fingerprint density at radius 3 is 2.37 bits per heavy atom. The van der Waals surface area contributed by atoms with Crippen molar-refractivity contribution in [3.05, 3.63) is 40.3 Å². The molecule has 0 aliphatic carbocycles. The molecule has 2 amide bonds. The lowest BCUT2D eigenvalue weighted by molar-refractivity contribution is -0.118. The first kappa shape index (κ1) is 23.1. The molecule has 2 aromatic rings. The van der Waals surface area contributed by atoms with Crippen molar-refractivity contribution in [1.29, 1.82) is 0 Å². The first-order valence-electron chi connectivity index (χ1n) is 9.40. The molecule has 0 fully saturated rings. The van der Waals surface area contributed by atoms with Gasteiger partial charge in [-0.15, -0.1) is 11.3 Å². The van der Waals surface area contributed by atoms with E-state index in [2.05, 4.69) is 10.6 Å². The summed E-state index contributed by atoms with van der Waals surface area (Å²) in [4.78, 5) is 48.5. The van der Waals surface area contributed by atoms with Crippen molar-refractivity contribution in [2.45, 2.75) is 34.1 Å². The molecule has 30 heavy (non-hydrogen) atoms. The average molecular weight is 432 g/mol. The lowest BCUT2D eigenvalue weighted by Crippen LogP contribution is -2.21. The van der Waals surface area contributed by atoms with Crippen LogP contribution in [0.1, 0.15) is 53.3 Å². The molecule has 0 aliphatic heterocycles. The van der Waals surface area contributed by atoms with E-state index in [1.165, 1.54) is 37.3 Å². The summed E-state index contributed by atoms with van der Waals surface area (Å²) in [5, 5.41) is 5.66. The minimum absolute atomic E-state index is 0.177. The van der Waals surface area contributed by atoms with Crippen molar-refractivity contribution in [3.63, 3.8) is 0 Å². The van der Waals surface area contributed by atoms with Crippen LogP contribution in [0, 0.1) is 0 Å². The number of aryl methyl sites for hydroxylation is 1. The van der Waals surface area contributed by atoms with E-state index >= 15 is 0 Å². The lowest BCUT2D eigenvalue weighted by Gasteiger charge is -2.13. The summed E-state index contributed by atoms with van der Waals surface area (Å²) < 4.78 is 10.6. The molecule has 2 N–H and O–H groups in total. The van der Waals surface area contributed by atoms with Crippen LogP contribution in [0.4, 0.5) is 10.7 Å². The zero-order valence-electron chi connectivity index (χ0n) is 17.3. The van der Waals surface area contributed by atoms with Crippen molar-refractivity contribution >= 4 is 45.6 Å². The predicted octanol–water partition coefficient (Wildman–Crippen LogP) is 3.67. The van der Waals surface area contributed by atoms with Gasteiger partial charge in [-0.2, -0.15) is 0 Å². The molecule has 0 atom stereocenters. The second-order valence-corrected chi connectivity index (χ2v) is 7.45. The number of thiophene rings is 1. The van der Waals surface area contributed by atoms with Gasteiger partial charge in [0.25, 0.3) is 5.91 Å². The zero-order chi connectivity index (χ0) is 22.3. The van der Waals surface area contributed by atoms with Crippen molar-refractivity contribution in [2.24, 2.45) is 0 Å². The minimum Gasteiger partial charge on any atom is -0.482 e. The third kappa shape index (κ3) is 6.15. The van der Waals surface area contributed by atoms with Crippen molar-refractivity contribution in [1.82, 2.24) is 0 Å². The number of Topliss-reactive ketones (excluding diaryl/α,β-unsaturated/α-hetero) is 1. The summed E-state index contributed by atoms with van der Waals surface area (Å²) in [6.07, 6.45) is 0.710. The van der Waals surface area contributed by atoms with E-state index in [0.29, 0.717) is 28.2 Å². The molecular weight excluding hydrogens is 408 g/mol.